The van der Waals surface area contributed by atoms with Crippen molar-refractivity contribution in [3.63, 3.8) is 0 Å². The number of ether oxygens (including phenoxy) is 1. The molecular formula is C11H5ClF3NO4. The Morgan fingerprint density at radius 2 is 2.10 bits per heavy atom. The largest absolute Gasteiger partial charge is 0.476 e. The summed E-state index contributed by atoms with van der Waals surface area (Å²) in [5, 5.41) is 8.51. The summed E-state index contributed by atoms with van der Waals surface area (Å²) in [7, 11) is 0. The van der Waals surface area contributed by atoms with Gasteiger partial charge in [0.2, 0.25) is 0 Å². The quantitative estimate of drug-likeness (QED) is 0.932. The van der Waals surface area contributed by atoms with Crippen LogP contribution in [0.2, 0.25) is 5.02 Å². The first-order valence-corrected chi connectivity index (χ1v) is 5.38. The Balaban J connectivity index is 2.30. The third-order valence-electron chi connectivity index (χ3n) is 2.16. The van der Waals surface area contributed by atoms with Crippen molar-refractivity contribution in [3.05, 3.63) is 40.7 Å². The maximum atomic E-state index is 12.5. The molecule has 1 heterocycles. The van der Waals surface area contributed by atoms with Crippen LogP contribution in [0.25, 0.3) is 0 Å². The summed E-state index contributed by atoms with van der Waals surface area (Å²) in [6, 6.07) is 2.45. The van der Waals surface area contributed by atoms with Crippen LogP contribution in [-0.4, -0.2) is 16.1 Å². The number of alkyl halides is 3. The van der Waals surface area contributed by atoms with Gasteiger partial charge in [-0.25, -0.2) is 4.79 Å². The molecule has 0 aliphatic carbocycles. The van der Waals surface area contributed by atoms with Crippen LogP contribution >= 0.6 is 11.6 Å². The van der Waals surface area contributed by atoms with Crippen LogP contribution in [0.3, 0.4) is 0 Å². The molecule has 0 spiro atoms. The first-order valence-electron chi connectivity index (χ1n) is 5.01. The topological polar surface area (TPSA) is 72.6 Å². The van der Waals surface area contributed by atoms with E-state index in [1.165, 1.54) is 0 Å². The molecule has 0 saturated carbocycles. The van der Waals surface area contributed by atoms with E-state index in [1.54, 1.807) is 0 Å². The Morgan fingerprint density at radius 3 is 2.65 bits per heavy atom. The number of oxazole rings is 1. The Bertz CT molecular complexity index is 653. The van der Waals surface area contributed by atoms with Crippen molar-refractivity contribution in [2.75, 3.05) is 0 Å². The second-order valence-corrected chi connectivity index (χ2v) is 3.96. The van der Waals surface area contributed by atoms with Crippen LogP contribution in [0.1, 0.15) is 16.1 Å². The van der Waals surface area contributed by atoms with Crippen LogP contribution in [0.4, 0.5) is 13.2 Å². The SMILES string of the molecule is O=C(O)c1coc(Oc2cc(C(F)(F)F)ccc2Cl)n1. The fourth-order valence-corrected chi connectivity index (χ4v) is 1.41. The molecule has 0 radical (unpaired) electrons. The highest BCUT2D eigenvalue weighted by molar-refractivity contribution is 6.32. The summed E-state index contributed by atoms with van der Waals surface area (Å²) in [6.07, 6.45) is -4.30. The zero-order valence-electron chi connectivity index (χ0n) is 9.44. The number of halogens is 4. The number of nitrogens with zero attached hydrogens (tertiary/aromatic N) is 1. The van der Waals surface area contributed by atoms with Gasteiger partial charge in [-0.05, 0) is 18.2 Å². The van der Waals surface area contributed by atoms with Gasteiger partial charge in [0.25, 0.3) is 0 Å². The van der Waals surface area contributed by atoms with Crippen molar-refractivity contribution in [1.29, 1.82) is 0 Å². The summed E-state index contributed by atoms with van der Waals surface area (Å²) in [4.78, 5) is 14.0. The van der Waals surface area contributed by atoms with Crippen LogP contribution in [0.5, 0.6) is 11.8 Å². The molecule has 9 heteroatoms. The third kappa shape index (κ3) is 3.02. The Hall–Kier alpha value is -2.22. The minimum atomic E-state index is -4.56. The Morgan fingerprint density at radius 1 is 1.40 bits per heavy atom. The van der Waals surface area contributed by atoms with Crippen LogP contribution < -0.4 is 4.74 Å². The van der Waals surface area contributed by atoms with E-state index in [9.17, 15) is 18.0 Å². The highest BCUT2D eigenvalue weighted by Crippen LogP contribution is 2.36. The standard InChI is InChI=1S/C11H5ClF3NO4/c12-6-2-1-5(11(13,14)15)3-8(6)20-10-16-7(4-19-10)9(17)18/h1-4H,(H,17,18). The molecule has 0 fully saturated rings. The minimum absolute atomic E-state index is 0.104. The molecule has 1 aromatic carbocycles. The lowest BCUT2D eigenvalue weighted by atomic mass is 10.2. The molecule has 0 bridgehead atoms. The highest BCUT2D eigenvalue weighted by Gasteiger charge is 2.31. The third-order valence-corrected chi connectivity index (χ3v) is 2.47. The molecule has 20 heavy (non-hydrogen) atoms. The maximum absolute atomic E-state index is 12.5. The van der Waals surface area contributed by atoms with E-state index in [0.29, 0.717) is 6.07 Å². The lowest BCUT2D eigenvalue weighted by molar-refractivity contribution is -0.137. The normalized spacial score (nSPS) is 11.4. The molecule has 0 atom stereocenters. The van der Waals surface area contributed by atoms with Crippen molar-refractivity contribution < 1.29 is 32.2 Å². The van der Waals surface area contributed by atoms with E-state index >= 15 is 0 Å². The number of rotatable bonds is 3. The van der Waals surface area contributed by atoms with E-state index in [-0.39, 0.29) is 10.8 Å². The lowest BCUT2D eigenvalue weighted by Crippen LogP contribution is -2.04. The fourth-order valence-electron chi connectivity index (χ4n) is 1.25. The van der Waals surface area contributed by atoms with Gasteiger partial charge in [0.05, 0.1) is 10.6 Å². The lowest BCUT2D eigenvalue weighted by Gasteiger charge is -2.09. The zero-order chi connectivity index (χ0) is 14.9. The summed E-state index contributed by atoms with van der Waals surface area (Å²) in [5.74, 6) is -1.71. The number of aromatic nitrogens is 1. The number of aromatic carboxylic acids is 1. The number of carbonyl (C=O) groups is 1. The summed E-state index contributed by atoms with van der Waals surface area (Å²) in [6.45, 7) is 0. The molecule has 106 valence electrons. The molecule has 2 rings (SSSR count). The van der Waals surface area contributed by atoms with Gasteiger partial charge < -0.3 is 14.3 Å². The van der Waals surface area contributed by atoms with Gasteiger partial charge in [0, 0.05) is 0 Å². The van der Waals surface area contributed by atoms with Gasteiger partial charge in [-0.1, -0.05) is 11.6 Å². The molecule has 1 N–H and O–H groups in total. The molecule has 5 nitrogen and oxygen atoms in total. The monoisotopic (exact) mass is 307 g/mol. The highest BCUT2D eigenvalue weighted by atomic mass is 35.5. The van der Waals surface area contributed by atoms with E-state index in [0.717, 1.165) is 18.4 Å². The number of carboxylic acids is 1. The summed E-state index contributed by atoms with van der Waals surface area (Å²) < 4.78 is 47.2. The van der Waals surface area contributed by atoms with E-state index in [2.05, 4.69) is 9.40 Å². The Labute approximate surface area is 114 Å². The second kappa shape index (κ2) is 5.04. The minimum Gasteiger partial charge on any atom is -0.476 e. The van der Waals surface area contributed by atoms with Gasteiger partial charge >= 0.3 is 18.2 Å². The predicted molar refractivity (Wildman–Crippen MR) is 60.0 cm³/mol. The van der Waals surface area contributed by atoms with Crippen molar-refractivity contribution >= 4 is 17.6 Å². The van der Waals surface area contributed by atoms with Gasteiger partial charge in [0.15, 0.2) is 11.4 Å². The maximum Gasteiger partial charge on any atom is 0.416 e. The fraction of sp³-hybridized carbons (Fsp3) is 0.0909. The zero-order valence-corrected chi connectivity index (χ0v) is 10.2. The number of hydrogen-bond donors (Lipinski definition) is 1. The van der Waals surface area contributed by atoms with Gasteiger partial charge in [-0.15, -0.1) is 0 Å². The number of carboxylic acid groups (broad SMARTS) is 1. The summed E-state index contributed by atoms with van der Waals surface area (Å²) in [5.41, 5.74) is -1.41. The van der Waals surface area contributed by atoms with Crippen molar-refractivity contribution in [1.82, 2.24) is 4.98 Å². The van der Waals surface area contributed by atoms with Gasteiger partial charge in [0.1, 0.15) is 6.26 Å². The summed E-state index contributed by atoms with van der Waals surface area (Å²) >= 11 is 5.69. The molecule has 0 amide bonds. The van der Waals surface area contributed by atoms with Crippen molar-refractivity contribution in [3.8, 4) is 11.8 Å². The van der Waals surface area contributed by atoms with Crippen molar-refractivity contribution in [2.45, 2.75) is 6.18 Å². The van der Waals surface area contributed by atoms with Crippen LogP contribution in [0.15, 0.2) is 28.9 Å². The van der Waals surface area contributed by atoms with Gasteiger partial charge in [-0.2, -0.15) is 18.2 Å². The molecular weight excluding hydrogens is 303 g/mol. The van der Waals surface area contributed by atoms with E-state index in [1.807, 2.05) is 0 Å². The first kappa shape index (κ1) is 14.2. The number of hydrogen-bond acceptors (Lipinski definition) is 4. The van der Waals surface area contributed by atoms with Crippen LogP contribution in [-0.2, 0) is 6.18 Å². The van der Waals surface area contributed by atoms with Crippen molar-refractivity contribution in [2.24, 2.45) is 0 Å². The number of benzene rings is 1. The average Bonchev–Trinajstić information content (AvgIpc) is 2.79. The molecule has 0 unspecified atom stereocenters. The molecule has 0 aliphatic rings. The first-order chi connectivity index (χ1) is 9.27. The molecule has 1 aromatic heterocycles. The Kier molecular flexibility index (Phi) is 3.58. The average molecular weight is 308 g/mol. The molecule has 0 saturated heterocycles. The predicted octanol–water partition coefficient (Wildman–Crippen LogP) is 3.84. The van der Waals surface area contributed by atoms with Gasteiger partial charge in [-0.3, -0.25) is 0 Å². The molecule has 2 aromatic rings. The van der Waals surface area contributed by atoms with E-state index in [4.69, 9.17) is 21.4 Å². The smallest absolute Gasteiger partial charge is 0.416 e. The molecule has 0 aliphatic heterocycles. The van der Waals surface area contributed by atoms with E-state index < -0.39 is 29.5 Å². The second-order valence-electron chi connectivity index (χ2n) is 3.55. The van der Waals surface area contributed by atoms with Crippen LogP contribution in [0, 0.1) is 0 Å².